The van der Waals surface area contributed by atoms with Gasteiger partial charge in [-0.1, -0.05) is 103 Å². The molecular formula is C73H128N10O16. The quantitative estimate of drug-likeness (QED) is 0.0413. The number of ketones is 2. The summed E-state index contributed by atoms with van der Waals surface area (Å²) in [5.74, 6) is -9.64. The molecule has 566 valence electrons. The van der Waals surface area contributed by atoms with E-state index in [1.54, 1.807) is 82.6 Å². The first-order valence-corrected chi connectivity index (χ1v) is 36.2. The summed E-state index contributed by atoms with van der Waals surface area (Å²) >= 11 is 0. The van der Waals surface area contributed by atoms with Gasteiger partial charge < -0.3 is 54.2 Å². The van der Waals surface area contributed by atoms with Crippen LogP contribution in [0.5, 0.6) is 0 Å². The number of carbonyl (C=O) groups excluding carboxylic acids is 12. The van der Waals surface area contributed by atoms with Crippen LogP contribution in [-0.2, 0) is 76.6 Å². The summed E-state index contributed by atoms with van der Waals surface area (Å²) < 4.78 is 16.7. The molecule has 0 aromatic carbocycles. The number of hydroxylamine groups is 2. The fraction of sp³-hybridized carbons (Fsp3) is 0.808. The van der Waals surface area contributed by atoms with Crippen LogP contribution in [0.25, 0.3) is 0 Å². The molecule has 0 aliphatic carbocycles. The molecule has 2 saturated heterocycles. The Hall–Kier alpha value is -6.38. The summed E-state index contributed by atoms with van der Waals surface area (Å²) in [7, 11) is 10.6. The SMILES string of the molecule is CCOC(=O)/C=C/C[C@@H](C)[C@H]1ON(C(=O)[C@H](C(C)C)N(C)C(=O)[C@H](CC(C)C)N(C)C(=O)[C@H](CC(C)C)N(C)C(=O)[C@@H](C)NC(=O)[C@H](C)CC(=O)[C@H](CC(C)C)N(C)C(=O)[C@@H](CC(=O)[C@H]([C@@H](C)OCCCCN2CCOCC2)N(C)C(=O)CC)C(C)C)[C@@H]1C(=O)N[C@@H](CC)C(=O)N(C)C. The molecule has 26 heteroatoms. The van der Waals surface area contributed by atoms with Crippen LogP contribution < -0.4 is 10.6 Å². The minimum Gasteiger partial charge on any atom is -0.463 e. The van der Waals surface area contributed by atoms with Gasteiger partial charge in [-0.2, -0.15) is 0 Å². The Balaban J connectivity index is 2.39. The zero-order valence-electron chi connectivity index (χ0n) is 64.7. The fourth-order valence-electron chi connectivity index (χ4n) is 12.9. The van der Waals surface area contributed by atoms with Crippen molar-refractivity contribution >= 4 is 70.7 Å². The van der Waals surface area contributed by atoms with Gasteiger partial charge >= 0.3 is 5.97 Å². The van der Waals surface area contributed by atoms with E-state index in [1.165, 1.54) is 70.6 Å². The van der Waals surface area contributed by atoms with Crippen molar-refractivity contribution in [3.8, 4) is 0 Å². The van der Waals surface area contributed by atoms with Crippen molar-refractivity contribution in [1.29, 1.82) is 0 Å². The zero-order valence-corrected chi connectivity index (χ0v) is 64.7. The molecule has 9 amide bonds. The van der Waals surface area contributed by atoms with Crippen LogP contribution in [0.4, 0.5) is 0 Å². The number of likely N-dealkylation sites (N-methyl/N-ethyl adjacent to an activating group) is 6. The molecule has 2 aliphatic rings. The Bertz CT molecular complexity index is 2700. The van der Waals surface area contributed by atoms with E-state index in [0.717, 1.165) is 37.5 Å². The highest BCUT2D eigenvalue weighted by Crippen LogP contribution is 2.34. The van der Waals surface area contributed by atoms with Gasteiger partial charge in [0.15, 0.2) is 17.6 Å². The Morgan fingerprint density at radius 1 is 0.586 bits per heavy atom. The lowest BCUT2D eigenvalue weighted by molar-refractivity contribution is -0.321. The van der Waals surface area contributed by atoms with Crippen molar-refractivity contribution in [1.82, 2.24) is 50.0 Å². The third-order valence-corrected chi connectivity index (χ3v) is 18.9. The van der Waals surface area contributed by atoms with Crippen molar-refractivity contribution in [2.24, 2.45) is 47.3 Å². The number of unbranched alkanes of at least 4 members (excludes halogenated alkanes) is 1. The van der Waals surface area contributed by atoms with Crippen LogP contribution in [-0.4, -0.2) is 266 Å². The molecule has 2 aliphatic heterocycles. The lowest BCUT2D eigenvalue weighted by Gasteiger charge is -2.50. The first-order valence-electron chi connectivity index (χ1n) is 36.2. The molecule has 2 rings (SSSR count). The van der Waals surface area contributed by atoms with Gasteiger partial charge in [-0.15, -0.1) is 0 Å². The van der Waals surface area contributed by atoms with E-state index in [4.69, 9.17) is 19.0 Å². The number of allylic oxidation sites excluding steroid dienone is 1. The number of nitrogens with zero attached hydrogens (tertiary/aromatic N) is 8. The predicted molar refractivity (Wildman–Crippen MR) is 379 cm³/mol. The van der Waals surface area contributed by atoms with Gasteiger partial charge in [-0.25, -0.2) is 9.86 Å². The Kier molecular flexibility index (Phi) is 38.3. The van der Waals surface area contributed by atoms with Gasteiger partial charge in [-0.3, -0.25) is 62.5 Å². The summed E-state index contributed by atoms with van der Waals surface area (Å²) in [6.45, 7) is 34.9. The molecule has 0 aromatic heterocycles. The largest absolute Gasteiger partial charge is 0.463 e. The predicted octanol–water partition coefficient (Wildman–Crippen LogP) is 5.81. The molecule has 2 heterocycles. The molecule has 0 bridgehead atoms. The molecule has 0 aromatic rings. The first-order chi connectivity index (χ1) is 46.2. The van der Waals surface area contributed by atoms with Crippen molar-refractivity contribution < 1.29 is 76.6 Å². The summed E-state index contributed by atoms with van der Waals surface area (Å²) in [5, 5.41) is 6.50. The van der Waals surface area contributed by atoms with Crippen LogP contribution in [0.3, 0.4) is 0 Å². The summed E-state index contributed by atoms with van der Waals surface area (Å²) in [6.07, 6.45) is 3.69. The highest BCUT2D eigenvalue weighted by atomic mass is 16.7. The molecule has 0 radical (unpaired) electrons. The summed E-state index contributed by atoms with van der Waals surface area (Å²) in [4.78, 5) is 187. The van der Waals surface area contributed by atoms with E-state index in [0.29, 0.717) is 19.8 Å². The highest BCUT2D eigenvalue weighted by Gasteiger charge is 2.54. The number of morpholine rings is 1. The van der Waals surface area contributed by atoms with Crippen molar-refractivity contribution in [2.75, 3.05) is 95.4 Å². The van der Waals surface area contributed by atoms with E-state index < -0.39 is 137 Å². The topological polar surface area (TPSA) is 292 Å². The molecule has 0 unspecified atom stereocenters. The summed E-state index contributed by atoms with van der Waals surface area (Å²) in [6, 6.07) is -8.83. The Morgan fingerprint density at radius 2 is 1.12 bits per heavy atom. The number of hydrogen-bond acceptors (Lipinski definition) is 17. The van der Waals surface area contributed by atoms with Crippen LogP contribution in [0.1, 0.15) is 182 Å². The Labute approximate surface area is 592 Å². The molecule has 26 nitrogen and oxygen atoms in total. The number of nitrogens with one attached hydrogen (secondary N) is 2. The maximum absolute atomic E-state index is 15.1. The first kappa shape index (κ1) is 88.7. The molecule has 0 saturated carbocycles. The number of Topliss-reactive ketones (excluding diaryl/α,β-unsaturated/α-hetero) is 2. The smallest absolute Gasteiger partial charge is 0.330 e. The van der Waals surface area contributed by atoms with E-state index in [1.807, 2.05) is 55.4 Å². The van der Waals surface area contributed by atoms with Crippen LogP contribution in [0, 0.1) is 47.3 Å². The minimum absolute atomic E-state index is 0.0665. The Morgan fingerprint density at radius 3 is 1.63 bits per heavy atom. The van der Waals surface area contributed by atoms with Gasteiger partial charge in [0.25, 0.3) is 5.91 Å². The number of rotatable bonds is 43. The average Bonchev–Trinajstić information content (AvgIpc) is 0.754. The maximum Gasteiger partial charge on any atom is 0.330 e. The highest BCUT2D eigenvalue weighted by molar-refractivity contribution is 5.99. The lowest BCUT2D eigenvalue weighted by Crippen LogP contribution is -2.71. The van der Waals surface area contributed by atoms with E-state index in [2.05, 4.69) is 15.5 Å². The fourth-order valence-corrected chi connectivity index (χ4v) is 12.9. The molecule has 2 N–H and O–H groups in total. The van der Waals surface area contributed by atoms with Gasteiger partial charge in [0.05, 0.1) is 32.0 Å². The molecule has 99 heavy (non-hydrogen) atoms. The molecule has 0 spiro atoms. The maximum atomic E-state index is 15.1. The van der Waals surface area contributed by atoms with Crippen LogP contribution in [0.15, 0.2) is 12.2 Å². The third kappa shape index (κ3) is 26.5. The molecular weight excluding hydrogens is 1270 g/mol. The number of ether oxygens (including phenoxy) is 3. The lowest BCUT2D eigenvalue weighted by atomic mass is 9.85. The summed E-state index contributed by atoms with van der Waals surface area (Å²) in [5.41, 5.74) is 0. The average molecular weight is 1400 g/mol. The van der Waals surface area contributed by atoms with E-state index >= 15 is 9.59 Å². The minimum atomic E-state index is -1.24. The standard InChI is InChI=1S/C73H128N10O16/c1-25-54(70(92)76(18)19)75-67(89)64-65(49(14)31-30-32-61(87)97-27-3)99-83(64)73(95)62(48(12)13)81(24)72(94)57(41-46(8)9)79(22)71(93)56(40-45(6)7)78(21)68(90)51(16)74-66(88)50(15)42-58(84)55(39-44(4)5)77(20)69(91)53(47(10)11)43-59(85)63(80(23)60(86)26-2)52(17)98-36-29-28-33-82-34-37-96-38-35-82/h30,32,44-57,62-65H,25-29,31,33-43H2,1-24H3,(H,74,88)(H,75,89)/b32-30+/t49-,50-,51-,52-,53+,54+,55+,56+,57+,62+,63+,64+,65-/m1/s1. The number of amides is 9. The third-order valence-electron chi connectivity index (χ3n) is 18.9. The number of carbonyl (C=O) groups is 12. The molecule has 2 fully saturated rings. The normalized spacial score (nSPS) is 18.4. The number of esters is 1. The second-order valence-corrected chi connectivity index (χ2v) is 29.5. The number of hydrogen-bond donors (Lipinski definition) is 2. The van der Waals surface area contributed by atoms with Crippen molar-refractivity contribution in [3.63, 3.8) is 0 Å². The van der Waals surface area contributed by atoms with Crippen molar-refractivity contribution in [3.05, 3.63) is 12.2 Å². The zero-order chi connectivity index (χ0) is 75.6. The van der Waals surface area contributed by atoms with Gasteiger partial charge in [-0.05, 0) is 108 Å². The van der Waals surface area contributed by atoms with Crippen molar-refractivity contribution in [2.45, 2.75) is 242 Å². The van der Waals surface area contributed by atoms with Crippen LogP contribution in [0.2, 0.25) is 0 Å². The van der Waals surface area contributed by atoms with E-state index in [9.17, 15) is 47.9 Å². The second-order valence-electron chi connectivity index (χ2n) is 29.5. The van der Waals surface area contributed by atoms with Gasteiger partial charge in [0.1, 0.15) is 42.4 Å². The van der Waals surface area contributed by atoms with Gasteiger partial charge in [0.2, 0.25) is 47.3 Å². The second kappa shape index (κ2) is 42.8. The van der Waals surface area contributed by atoms with Crippen LogP contribution >= 0.6 is 0 Å². The molecule has 13 atom stereocenters. The monoisotopic (exact) mass is 1400 g/mol. The van der Waals surface area contributed by atoms with E-state index in [-0.39, 0.29) is 99.2 Å². The van der Waals surface area contributed by atoms with Gasteiger partial charge in [0, 0.05) is 106 Å².